The second-order valence-electron chi connectivity index (χ2n) is 7.21. The van der Waals surface area contributed by atoms with Gasteiger partial charge in [-0.05, 0) is 36.8 Å². The van der Waals surface area contributed by atoms with E-state index in [1.54, 1.807) is 6.08 Å². The molecule has 0 aliphatic rings. The van der Waals surface area contributed by atoms with Crippen LogP contribution < -0.4 is 4.74 Å². The van der Waals surface area contributed by atoms with E-state index in [-0.39, 0.29) is 30.1 Å². The predicted molar refractivity (Wildman–Crippen MR) is 114 cm³/mol. The highest BCUT2D eigenvalue weighted by molar-refractivity contribution is 7.93. The molecule has 156 valence electrons. The van der Waals surface area contributed by atoms with E-state index in [0.29, 0.717) is 12.2 Å². The van der Waals surface area contributed by atoms with E-state index in [1.165, 1.54) is 17.8 Å². The Hall–Kier alpha value is -2.54. The third kappa shape index (κ3) is 7.42. The maximum absolute atomic E-state index is 12.3. The molecule has 0 bridgehead atoms. The summed E-state index contributed by atoms with van der Waals surface area (Å²) in [4.78, 5) is 20.6. The SMILES string of the molecule is CC[C@@H](Oc1cnc(C(=O)CC[C@H](C)/C=C/S(C)(=O)=O)nc1)c1ccccc1C. The highest BCUT2D eigenvalue weighted by atomic mass is 32.2. The van der Waals surface area contributed by atoms with Crippen LogP contribution in [0.5, 0.6) is 5.75 Å². The number of hydrogen-bond donors (Lipinski definition) is 0. The van der Waals surface area contributed by atoms with Gasteiger partial charge in [0.1, 0.15) is 6.10 Å². The molecule has 2 aromatic rings. The minimum atomic E-state index is -3.15. The molecule has 0 N–H and O–H groups in total. The summed E-state index contributed by atoms with van der Waals surface area (Å²) in [5, 5.41) is 1.17. The van der Waals surface area contributed by atoms with Crippen LogP contribution in [-0.4, -0.2) is 30.4 Å². The second kappa shape index (κ2) is 10.3. The molecule has 2 rings (SSSR count). The molecular weight excluding hydrogens is 388 g/mol. The average Bonchev–Trinajstić information content (AvgIpc) is 2.69. The second-order valence-corrected chi connectivity index (χ2v) is 9.14. The van der Waals surface area contributed by atoms with Crippen molar-refractivity contribution in [2.24, 2.45) is 5.92 Å². The van der Waals surface area contributed by atoms with E-state index in [0.717, 1.165) is 23.8 Å². The Bertz CT molecular complexity index is 953. The predicted octanol–water partition coefficient (Wildman–Crippen LogP) is 4.47. The molecule has 1 aromatic carbocycles. The molecular formula is C22H28N2O4S. The number of nitrogens with zero attached hydrogens (tertiary/aromatic N) is 2. The number of aryl methyl sites for hydroxylation is 1. The van der Waals surface area contributed by atoms with Gasteiger partial charge in [0.2, 0.25) is 0 Å². The van der Waals surface area contributed by atoms with Crippen molar-refractivity contribution < 1.29 is 17.9 Å². The number of allylic oxidation sites excluding steroid dienone is 1. The van der Waals surface area contributed by atoms with Crippen molar-refractivity contribution in [2.45, 2.75) is 46.1 Å². The number of ether oxygens (including phenoxy) is 1. The summed E-state index contributed by atoms with van der Waals surface area (Å²) in [5.74, 6) is 0.444. The Labute approximate surface area is 173 Å². The van der Waals surface area contributed by atoms with Crippen LogP contribution in [0.25, 0.3) is 0 Å². The molecule has 7 heteroatoms. The van der Waals surface area contributed by atoms with Crippen LogP contribution in [0.4, 0.5) is 0 Å². The number of benzene rings is 1. The molecule has 0 fully saturated rings. The Kier molecular flexibility index (Phi) is 8.08. The van der Waals surface area contributed by atoms with Gasteiger partial charge >= 0.3 is 0 Å². The first kappa shape index (κ1) is 22.7. The van der Waals surface area contributed by atoms with Gasteiger partial charge in [-0.15, -0.1) is 0 Å². The van der Waals surface area contributed by atoms with Gasteiger partial charge in [-0.2, -0.15) is 0 Å². The van der Waals surface area contributed by atoms with E-state index >= 15 is 0 Å². The van der Waals surface area contributed by atoms with Crippen LogP contribution in [0.15, 0.2) is 48.1 Å². The zero-order chi connectivity index (χ0) is 21.4. The lowest BCUT2D eigenvalue weighted by Gasteiger charge is -2.19. The summed E-state index contributed by atoms with van der Waals surface area (Å²) in [5.41, 5.74) is 2.28. The van der Waals surface area contributed by atoms with E-state index in [9.17, 15) is 13.2 Å². The number of carbonyl (C=O) groups is 1. The van der Waals surface area contributed by atoms with E-state index in [4.69, 9.17) is 4.74 Å². The van der Waals surface area contributed by atoms with Crippen molar-refractivity contribution >= 4 is 15.6 Å². The average molecular weight is 417 g/mol. The summed E-state index contributed by atoms with van der Waals surface area (Å²) in [6, 6.07) is 8.07. The van der Waals surface area contributed by atoms with E-state index in [1.807, 2.05) is 38.1 Å². The van der Waals surface area contributed by atoms with Crippen LogP contribution in [0, 0.1) is 12.8 Å². The third-order valence-electron chi connectivity index (χ3n) is 4.54. The molecule has 0 amide bonds. The molecule has 6 nitrogen and oxygen atoms in total. The zero-order valence-electron chi connectivity index (χ0n) is 17.3. The van der Waals surface area contributed by atoms with E-state index < -0.39 is 9.84 Å². The molecule has 0 aliphatic heterocycles. The van der Waals surface area contributed by atoms with E-state index in [2.05, 4.69) is 16.9 Å². The Morgan fingerprint density at radius 2 is 1.86 bits per heavy atom. The Balaban J connectivity index is 1.96. The topological polar surface area (TPSA) is 86.2 Å². The van der Waals surface area contributed by atoms with Gasteiger partial charge < -0.3 is 4.74 Å². The van der Waals surface area contributed by atoms with Gasteiger partial charge in [0.05, 0.1) is 12.4 Å². The fourth-order valence-electron chi connectivity index (χ4n) is 2.84. The van der Waals surface area contributed by atoms with Gasteiger partial charge in [-0.25, -0.2) is 18.4 Å². The summed E-state index contributed by atoms with van der Waals surface area (Å²) in [7, 11) is -3.15. The summed E-state index contributed by atoms with van der Waals surface area (Å²) in [6.07, 6.45) is 7.24. The third-order valence-corrected chi connectivity index (χ3v) is 5.19. The Morgan fingerprint density at radius 3 is 2.45 bits per heavy atom. The van der Waals surface area contributed by atoms with Crippen LogP contribution in [0.2, 0.25) is 0 Å². The molecule has 1 heterocycles. The maximum Gasteiger partial charge on any atom is 0.200 e. The molecule has 0 aliphatic carbocycles. The highest BCUT2D eigenvalue weighted by Gasteiger charge is 2.15. The van der Waals surface area contributed by atoms with Crippen LogP contribution >= 0.6 is 0 Å². The number of sulfone groups is 1. The zero-order valence-corrected chi connectivity index (χ0v) is 18.1. The number of Topliss-reactive ketones (excluding diaryl/α,β-unsaturated/α-hetero) is 1. The molecule has 29 heavy (non-hydrogen) atoms. The van der Waals surface area contributed by atoms with Gasteiger partial charge in [-0.1, -0.05) is 44.2 Å². The number of aromatic nitrogens is 2. The number of ketones is 1. The molecule has 0 spiro atoms. The fourth-order valence-corrected chi connectivity index (χ4v) is 3.40. The lowest BCUT2D eigenvalue weighted by atomic mass is 10.0. The van der Waals surface area contributed by atoms with Crippen molar-refractivity contribution in [2.75, 3.05) is 6.26 Å². The van der Waals surface area contributed by atoms with Crippen molar-refractivity contribution in [3.63, 3.8) is 0 Å². The minimum Gasteiger partial charge on any atom is -0.482 e. The Morgan fingerprint density at radius 1 is 1.21 bits per heavy atom. The van der Waals surface area contributed by atoms with Crippen LogP contribution in [-0.2, 0) is 9.84 Å². The quantitative estimate of drug-likeness (QED) is 0.531. The monoisotopic (exact) mass is 416 g/mol. The first-order valence-electron chi connectivity index (χ1n) is 9.65. The van der Waals surface area contributed by atoms with Gasteiger partial charge in [0, 0.05) is 18.1 Å². The number of hydrogen-bond acceptors (Lipinski definition) is 6. The molecule has 0 unspecified atom stereocenters. The van der Waals surface area contributed by atoms with Crippen molar-refractivity contribution in [1.82, 2.24) is 9.97 Å². The fraction of sp³-hybridized carbons (Fsp3) is 0.409. The van der Waals surface area contributed by atoms with Crippen molar-refractivity contribution in [1.29, 1.82) is 0 Å². The molecule has 0 saturated carbocycles. The lowest BCUT2D eigenvalue weighted by molar-refractivity contribution is 0.0966. The molecule has 1 aromatic heterocycles. The normalized spacial score (nSPS) is 13.9. The lowest BCUT2D eigenvalue weighted by Crippen LogP contribution is -2.10. The molecule has 0 radical (unpaired) electrons. The van der Waals surface area contributed by atoms with Crippen molar-refractivity contribution in [3.8, 4) is 5.75 Å². The number of rotatable bonds is 10. The van der Waals surface area contributed by atoms with Gasteiger partial charge in [0.25, 0.3) is 0 Å². The molecule has 0 saturated heterocycles. The summed E-state index contributed by atoms with van der Waals surface area (Å²) < 4.78 is 28.3. The molecule has 2 atom stereocenters. The maximum atomic E-state index is 12.3. The van der Waals surface area contributed by atoms with Crippen LogP contribution in [0.1, 0.15) is 61.0 Å². The van der Waals surface area contributed by atoms with Crippen molar-refractivity contribution in [3.05, 3.63) is 65.1 Å². The van der Waals surface area contributed by atoms with Gasteiger partial charge in [-0.3, -0.25) is 4.79 Å². The standard InChI is InChI=1S/C22H28N2O4S/c1-5-21(19-9-7-6-8-17(19)3)28-18-14-23-22(24-15-18)20(25)11-10-16(2)12-13-29(4,26)27/h6-9,12-16,21H,5,10-11H2,1-4H3/b13-12+/t16-,21+/m0/s1. The summed E-state index contributed by atoms with van der Waals surface area (Å²) in [6.45, 7) is 5.96. The van der Waals surface area contributed by atoms with Gasteiger partial charge in [0.15, 0.2) is 27.2 Å². The minimum absolute atomic E-state index is 0.0318. The smallest absolute Gasteiger partial charge is 0.200 e. The first-order chi connectivity index (χ1) is 13.7. The van der Waals surface area contributed by atoms with Crippen LogP contribution in [0.3, 0.4) is 0 Å². The highest BCUT2D eigenvalue weighted by Crippen LogP contribution is 2.26. The summed E-state index contributed by atoms with van der Waals surface area (Å²) >= 11 is 0. The first-order valence-corrected chi connectivity index (χ1v) is 11.6. The largest absolute Gasteiger partial charge is 0.482 e. The number of carbonyl (C=O) groups excluding carboxylic acids is 1.